The van der Waals surface area contributed by atoms with E-state index in [1.54, 1.807) is 11.8 Å². The number of nitriles is 1. The fraction of sp³-hybridized carbons (Fsp3) is 0.600. The molecule has 74 valence electrons. The second-order valence-corrected chi connectivity index (χ2v) is 4.56. The molecular formula is C10H13N3S. The molecule has 1 aromatic rings. The quantitative estimate of drug-likeness (QED) is 0.699. The molecule has 14 heavy (non-hydrogen) atoms. The first-order valence-corrected chi connectivity index (χ1v) is 5.96. The fourth-order valence-electron chi connectivity index (χ4n) is 1.76. The minimum atomic E-state index is 0.252. The molecule has 0 aliphatic heterocycles. The SMILES string of the molecule is CSc1cn(C2CC(C#N)C2)nc1C. The van der Waals surface area contributed by atoms with E-state index >= 15 is 0 Å². The van der Waals surface area contributed by atoms with E-state index in [0.717, 1.165) is 18.5 Å². The number of nitrogens with zero attached hydrogens (tertiary/aromatic N) is 3. The molecule has 0 N–H and O–H groups in total. The predicted molar refractivity (Wildman–Crippen MR) is 56.1 cm³/mol. The summed E-state index contributed by atoms with van der Waals surface area (Å²) >= 11 is 1.73. The van der Waals surface area contributed by atoms with Gasteiger partial charge in [0.05, 0.1) is 23.7 Å². The molecule has 1 saturated carbocycles. The van der Waals surface area contributed by atoms with Crippen LogP contribution in [-0.4, -0.2) is 16.0 Å². The summed E-state index contributed by atoms with van der Waals surface area (Å²) in [6, 6.07) is 2.75. The highest BCUT2D eigenvalue weighted by Crippen LogP contribution is 2.37. The molecule has 1 aromatic heterocycles. The molecule has 1 fully saturated rings. The average Bonchev–Trinajstić information content (AvgIpc) is 2.45. The van der Waals surface area contributed by atoms with Crippen molar-refractivity contribution in [1.29, 1.82) is 5.26 Å². The van der Waals surface area contributed by atoms with Crippen molar-refractivity contribution >= 4 is 11.8 Å². The first-order chi connectivity index (χ1) is 6.74. The van der Waals surface area contributed by atoms with Gasteiger partial charge >= 0.3 is 0 Å². The number of thioether (sulfide) groups is 1. The van der Waals surface area contributed by atoms with Crippen molar-refractivity contribution in [3.63, 3.8) is 0 Å². The maximum atomic E-state index is 8.67. The normalized spacial score (nSPS) is 25.5. The number of aromatic nitrogens is 2. The van der Waals surface area contributed by atoms with Crippen LogP contribution in [0.5, 0.6) is 0 Å². The standard InChI is InChI=1S/C10H13N3S/c1-7-10(14-2)6-13(12-7)9-3-8(4-9)5-11/h6,8-9H,3-4H2,1-2H3. The van der Waals surface area contributed by atoms with Gasteiger partial charge in [-0.15, -0.1) is 11.8 Å². The Hall–Kier alpha value is -0.950. The van der Waals surface area contributed by atoms with Crippen LogP contribution < -0.4 is 0 Å². The van der Waals surface area contributed by atoms with Crippen LogP contribution in [-0.2, 0) is 0 Å². The smallest absolute Gasteiger partial charge is 0.0729 e. The third-order valence-electron chi connectivity index (χ3n) is 2.76. The van der Waals surface area contributed by atoms with E-state index in [2.05, 4.69) is 23.6 Å². The molecule has 2 rings (SSSR count). The van der Waals surface area contributed by atoms with Crippen molar-refractivity contribution in [3.05, 3.63) is 11.9 Å². The molecule has 0 amide bonds. The molecule has 1 heterocycles. The lowest BCUT2D eigenvalue weighted by atomic mass is 9.81. The largest absolute Gasteiger partial charge is 0.268 e. The van der Waals surface area contributed by atoms with Gasteiger partial charge in [-0.1, -0.05) is 0 Å². The second-order valence-electron chi connectivity index (χ2n) is 3.71. The summed E-state index contributed by atoms with van der Waals surface area (Å²) in [5.41, 5.74) is 1.10. The predicted octanol–water partition coefficient (Wildman–Crippen LogP) is 2.39. The summed E-state index contributed by atoms with van der Waals surface area (Å²) in [7, 11) is 0. The highest BCUT2D eigenvalue weighted by atomic mass is 32.2. The lowest BCUT2D eigenvalue weighted by Gasteiger charge is -2.30. The minimum Gasteiger partial charge on any atom is -0.268 e. The van der Waals surface area contributed by atoms with Gasteiger partial charge in [-0.3, -0.25) is 4.68 Å². The van der Waals surface area contributed by atoms with Gasteiger partial charge in [-0.05, 0) is 26.0 Å². The highest BCUT2D eigenvalue weighted by Gasteiger charge is 2.31. The zero-order valence-corrected chi connectivity index (χ0v) is 9.21. The van der Waals surface area contributed by atoms with Crippen molar-refractivity contribution in [2.75, 3.05) is 6.26 Å². The van der Waals surface area contributed by atoms with Crippen LogP contribution in [0.2, 0.25) is 0 Å². The molecule has 0 unspecified atom stereocenters. The molecular weight excluding hydrogens is 194 g/mol. The van der Waals surface area contributed by atoms with E-state index in [9.17, 15) is 0 Å². The Bertz CT molecular complexity index is 371. The van der Waals surface area contributed by atoms with Crippen molar-refractivity contribution in [2.24, 2.45) is 5.92 Å². The molecule has 0 spiro atoms. The summed E-state index contributed by atoms with van der Waals surface area (Å²) in [6.45, 7) is 2.03. The van der Waals surface area contributed by atoms with E-state index in [0.29, 0.717) is 6.04 Å². The second kappa shape index (κ2) is 3.66. The maximum absolute atomic E-state index is 8.67. The van der Waals surface area contributed by atoms with Crippen LogP contribution >= 0.6 is 11.8 Å². The summed E-state index contributed by atoms with van der Waals surface area (Å²) in [5.74, 6) is 0.252. The van der Waals surface area contributed by atoms with Crippen molar-refractivity contribution in [3.8, 4) is 6.07 Å². The van der Waals surface area contributed by atoms with Crippen LogP contribution in [0.3, 0.4) is 0 Å². The monoisotopic (exact) mass is 207 g/mol. The van der Waals surface area contributed by atoms with E-state index in [1.165, 1.54) is 4.90 Å². The zero-order chi connectivity index (χ0) is 10.1. The Morgan fingerprint density at radius 1 is 1.64 bits per heavy atom. The third kappa shape index (κ3) is 1.53. The lowest BCUT2D eigenvalue weighted by Crippen LogP contribution is -2.26. The van der Waals surface area contributed by atoms with Gasteiger partial charge in [0.1, 0.15) is 0 Å². The molecule has 0 saturated heterocycles. The van der Waals surface area contributed by atoms with Gasteiger partial charge in [0.25, 0.3) is 0 Å². The van der Waals surface area contributed by atoms with Crippen LogP contribution in [0.15, 0.2) is 11.1 Å². The molecule has 1 aliphatic rings. The summed E-state index contributed by atoms with van der Waals surface area (Å²) in [6.07, 6.45) is 6.09. The van der Waals surface area contributed by atoms with Gasteiger partial charge in [-0.2, -0.15) is 10.4 Å². The van der Waals surface area contributed by atoms with Crippen molar-refractivity contribution in [2.45, 2.75) is 30.7 Å². The lowest BCUT2D eigenvalue weighted by molar-refractivity contribution is 0.229. The Labute approximate surface area is 88.1 Å². The molecule has 0 aromatic carbocycles. The number of hydrogen-bond donors (Lipinski definition) is 0. The third-order valence-corrected chi connectivity index (χ3v) is 3.60. The van der Waals surface area contributed by atoms with E-state index in [-0.39, 0.29) is 5.92 Å². The zero-order valence-electron chi connectivity index (χ0n) is 8.40. The molecule has 1 aliphatic carbocycles. The summed E-state index contributed by atoms with van der Waals surface area (Å²) in [5, 5.41) is 13.1. The topological polar surface area (TPSA) is 41.6 Å². The van der Waals surface area contributed by atoms with Gasteiger partial charge in [0.2, 0.25) is 0 Å². The summed E-state index contributed by atoms with van der Waals surface area (Å²) in [4.78, 5) is 1.24. The summed E-state index contributed by atoms with van der Waals surface area (Å²) < 4.78 is 2.02. The van der Waals surface area contributed by atoms with Gasteiger partial charge in [-0.25, -0.2) is 0 Å². The molecule has 3 nitrogen and oxygen atoms in total. The maximum Gasteiger partial charge on any atom is 0.0729 e. The van der Waals surface area contributed by atoms with Crippen LogP contribution in [0.25, 0.3) is 0 Å². The minimum absolute atomic E-state index is 0.252. The molecule has 4 heteroatoms. The van der Waals surface area contributed by atoms with E-state index in [1.807, 2.05) is 11.6 Å². The number of rotatable bonds is 2. The van der Waals surface area contributed by atoms with Crippen LogP contribution in [0.4, 0.5) is 0 Å². The van der Waals surface area contributed by atoms with Crippen molar-refractivity contribution in [1.82, 2.24) is 9.78 Å². The average molecular weight is 207 g/mol. The van der Waals surface area contributed by atoms with Gasteiger partial charge < -0.3 is 0 Å². The van der Waals surface area contributed by atoms with Crippen LogP contribution in [0, 0.1) is 24.2 Å². The first-order valence-electron chi connectivity index (χ1n) is 4.74. The number of hydrogen-bond acceptors (Lipinski definition) is 3. The highest BCUT2D eigenvalue weighted by molar-refractivity contribution is 7.98. The van der Waals surface area contributed by atoms with Crippen molar-refractivity contribution < 1.29 is 0 Å². The Kier molecular flexibility index (Phi) is 2.51. The molecule has 0 bridgehead atoms. The van der Waals surface area contributed by atoms with E-state index in [4.69, 9.17) is 5.26 Å². The molecule has 0 radical (unpaired) electrons. The fourth-order valence-corrected chi connectivity index (χ4v) is 2.31. The molecule has 0 atom stereocenters. The first kappa shape index (κ1) is 9.60. The Morgan fingerprint density at radius 2 is 2.36 bits per heavy atom. The Morgan fingerprint density at radius 3 is 2.86 bits per heavy atom. The van der Waals surface area contributed by atoms with E-state index < -0.39 is 0 Å². The van der Waals surface area contributed by atoms with Gasteiger partial charge in [0.15, 0.2) is 0 Å². The van der Waals surface area contributed by atoms with Gasteiger partial charge in [0, 0.05) is 11.1 Å². The van der Waals surface area contributed by atoms with Crippen LogP contribution in [0.1, 0.15) is 24.6 Å². The number of aryl methyl sites for hydroxylation is 1. The Balaban J connectivity index is 2.08.